The Bertz CT molecular complexity index is 653. The number of carbonyl (C=O) groups is 1. The molecule has 6 heteroatoms. The molecular formula is C17H21N5O. The summed E-state index contributed by atoms with van der Waals surface area (Å²) in [4.78, 5) is 25.2. The third-order valence-electron chi connectivity index (χ3n) is 4.01. The van der Waals surface area contributed by atoms with Gasteiger partial charge in [0, 0.05) is 38.8 Å². The number of piperazine rings is 1. The highest BCUT2D eigenvalue weighted by atomic mass is 16.1. The van der Waals surface area contributed by atoms with Crippen molar-refractivity contribution in [3.63, 3.8) is 0 Å². The summed E-state index contributed by atoms with van der Waals surface area (Å²) >= 11 is 0. The maximum absolute atomic E-state index is 12.3. The van der Waals surface area contributed by atoms with Gasteiger partial charge in [-0.1, -0.05) is 30.3 Å². The average Bonchev–Trinajstić information content (AvgIpc) is 2.61. The van der Waals surface area contributed by atoms with Gasteiger partial charge in [-0.05, 0) is 12.6 Å². The van der Waals surface area contributed by atoms with Crippen molar-refractivity contribution >= 4 is 11.7 Å². The van der Waals surface area contributed by atoms with Gasteiger partial charge >= 0.3 is 0 Å². The molecule has 1 aliphatic heterocycles. The van der Waals surface area contributed by atoms with Gasteiger partial charge in [0.15, 0.2) is 0 Å². The molecule has 3 rings (SSSR count). The second-order valence-electron chi connectivity index (χ2n) is 5.72. The third kappa shape index (κ3) is 4.04. The molecule has 1 amide bonds. The Morgan fingerprint density at radius 2 is 1.87 bits per heavy atom. The maximum Gasteiger partial charge on any atom is 0.270 e. The van der Waals surface area contributed by atoms with Crippen molar-refractivity contribution in [1.29, 1.82) is 0 Å². The topological polar surface area (TPSA) is 61.4 Å². The van der Waals surface area contributed by atoms with Crippen LogP contribution < -0.4 is 10.2 Å². The smallest absolute Gasteiger partial charge is 0.270 e. The average molecular weight is 311 g/mol. The Morgan fingerprint density at radius 1 is 1.13 bits per heavy atom. The summed E-state index contributed by atoms with van der Waals surface area (Å²) in [5.41, 5.74) is 1.47. The van der Waals surface area contributed by atoms with Crippen molar-refractivity contribution in [1.82, 2.24) is 20.2 Å². The number of carbonyl (C=O) groups excluding carboxylic acids is 1. The number of nitrogens with one attached hydrogen (secondary N) is 1. The van der Waals surface area contributed by atoms with Crippen LogP contribution >= 0.6 is 0 Å². The highest BCUT2D eigenvalue weighted by Crippen LogP contribution is 2.13. The van der Waals surface area contributed by atoms with Crippen LogP contribution in [-0.2, 0) is 6.54 Å². The van der Waals surface area contributed by atoms with Gasteiger partial charge in [0.1, 0.15) is 17.8 Å². The quantitative estimate of drug-likeness (QED) is 0.918. The number of likely N-dealkylation sites (N-methyl/N-ethyl adjacent to an activating group) is 1. The van der Waals surface area contributed by atoms with Crippen LogP contribution in [0.1, 0.15) is 16.1 Å². The molecule has 1 saturated heterocycles. The number of amides is 1. The van der Waals surface area contributed by atoms with Crippen LogP contribution in [0.15, 0.2) is 42.7 Å². The predicted molar refractivity (Wildman–Crippen MR) is 89.4 cm³/mol. The Labute approximate surface area is 136 Å². The van der Waals surface area contributed by atoms with E-state index in [1.165, 1.54) is 6.33 Å². The SMILES string of the molecule is CN1CCN(c2cc(C(=O)NCc3ccccc3)ncn2)CC1. The van der Waals surface area contributed by atoms with E-state index in [1.807, 2.05) is 30.3 Å². The second kappa shape index (κ2) is 7.19. The zero-order chi connectivity index (χ0) is 16.1. The summed E-state index contributed by atoms with van der Waals surface area (Å²) in [5, 5.41) is 2.90. The summed E-state index contributed by atoms with van der Waals surface area (Å²) in [5.74, 6) is 0.643. The molecule has 0 atom stereocenters. The first-order valence-electron chi connectivity index (χ1n) is 7.80. The number of rotatable bonds is 4. The van der Waals surface area contributed by atoms with Crippen molar-refractivity contribution < 1.29 is 4.79 Å². The monoisotopic (exact) mass is 311 g/mol. The summed E-state index contributed by atoms with van der Waals surface area (Å²) in [6.45, 7) is 4.32. The molecule has 0 saturated carbocycles. The van der Waals surface area contributed by atoms with Crippen LogP contribution in [0.25, 0.3) is 0 Å². The molecule has 1 aromatic carbocycles. The highest BCUT2D eigenvalue weighted by molar-refractivity contribution is 5.92. The van der Waals surface area contributed by atoms with Gasteiger partial charge in [0.2, 0.25) is 0 Å². The molecule has 0 radical (unpaired) electrons. The fourth-order valence-corrected chi connectivity index (χ4v) is 2.55. The summed E-state index contributed by atoms with van der Waals surface area (Å²) in [6.07, 6.45) is 1.46. The van der Waals surface area contributed by atoms with Crippen LogP contribution in [0.4, 0.5) is 5.82 Å². The number of anilines is 1. The molecule has 23 heavy (non-hydrogen) atoms. The van der Waals surface area contributed by atoms with Crippen molar-refractivity contribution in [3.05, 3.63) is 54.0 Å². The Balaban J connectivity index is 1.63. The molecule has 0 unspecified atom stereocenters. The summed E-state index contributed by atoms with van der Waals surface area (Å²) in [7, 11) is 2.11. The normalized spacial score (nSPS) is 15.4. The molecule has 1 fully saturated rings. The minimum absolute atomic E-state index is 0.174. The molecule has 1 N–H and O–H groups in total. The molecule has 120 valence electrons. The molecule has 1 aromatic heterocycles. The van der Waals surface area contributed by atoms with E-state index >= 15 is 0 Å². The molecule has 0 bridgehead atoms. The Morgan fingerprint density at radius 3 is 2.61 bits per heavy atom. The molecule has 0 aliphatic carbocycles. The van der Waals surface area contributed by atoms with Gasteiger partial charge < -0.3 is 15.1 Å². The number of aromatic nitrogens is 2. The van der Waals surface area contributed by atoms with Crippen LogP contribution in [0.2, 0.25) is 0 Å². The molecule has 1 aliphatic rings. The largest absolute Gasteiger partial charge is 0.354 e. The van der Waals surface area contributed by atoms with Gasteiger partial charge in [-0.3, -0.25) is 4.79 Å². The van der Waals surface area contributed by atoms with Crippen LogP contribution in [0, 0.1) is 0 Å². The van der Waals surface area contributed by atoms with Crippen molar-refractivity contribution in [2.24, 2.45) is 0 Å². The Hall–Kier alpha value is -2.47. The first-order chi connectivity index (χ1) is 11.2. The molecule has 2 aromatic rings. The number of hydrogen-bond acceptors (Lipinski definition) is 5. The van der Waals surface area contributed by atoms with Crippen LogP contribution in [-0.4, -0.2) is 54.0 Å². The minimum atomic E-state index is -0.174. The third-order valence-corrected chi connectivity index (χ3v) is 4.01. The van der Waals surface area contributed by atoms with E-state index < -0.39 is 0 Å². The van der Waals surface area contributed by atoms with Crippen LogP contribution in [0.3, 0.4) is 0 Å². The lowest BCUT2D eigenvalue weighted by Crippen LogP contribution is -2.44. The fourth-order valence-electron chi connectivity index (χ4n) is 2.55. The standard InChI is InChI=1S/C17H21N5O/c1-21-7-9-22(10-8-21)16-11-15(19-13-20-16)17(23)18-12-14-5-3-2-4-6-14/h2-6,11,13H,7-10,12H2,1H3,(H,18,23). The van der Waals surface area contributed by atoms with Gasteiger partial charge in [0.25, 0.3) is 5.91 Å². The lowest BCUT2D eigenvalue weighted by atomic mass is 10.2. The van der Waals surface area contributed by atoms with E-state index in [9.17, 15) is 4.79 Å². The predicted octanol–water partition coefficient (Wildman–Crippen LogP) is 1.16. The second-order valence-corrected chi connectivity index (χ2v) is 5.72. The summed E-state index contributed by atoms with van der Waals surface area (Å²) < 4.78 is 0. The number of nitrogens with zero attached hydrogens (tertiary/aromatic N) is 4. The number of hydrogen-bond donors (Lipinski definition) is 1. The zero-order valence-electron chi connectivity index (χ0n) is 13.3. The van der Waals surface area contributed by atoms with E-state index in [-0.39, 0.29) is 5.91 Å². The maximum atomic E-state index is 12.3. The van der Waals surface area contributed by atoms with E-state index in [0.29, 0.717) is 12.2 Å². The van der Waals surface area contributed by atoms with E-state index in [2.05, 4.69) is 32.1 Å². The lowest BCUT2D eigenvalue weighted by molar-refractivity contribution is 0.0945. The van der Waals surface area contributed by atoms with Crippen molar-refractivity contribution in [2.45, 2.75) is 6.54 Å². The van der Waals surface area contributed by atoms with Crippen molar-refractivity contribution in [2.75, 3.05) is 38.1 Å². The summed E-state index contributed by atoms with van der Waals surface area (Å²) in [6, 6.07) is 11.6. The van der Waals surface area contributed by atoms with E-state index in [4.69, 9.17) is 0 Å². The molecule has 2 heterocycles. The van der Waals surface area contributed by atoms with E-state index in [0.717, 1.165) is 37.6 Å². The first-order valence-corrected chi connectivity index (χ1v) is 7.80. The fraction of sp³-hybridized carbons (Fsp3) is 0.353. The number of benzene rings is 1. The highest BCUT2D eigenvalue weighted by Gasteiger charge is 2.17. The minimum Gasteiger partial charge on any atom is -0.354 e. The zero-order valence-corrected chi connectivity index (χ0v) is 13.3. The molecule has 6 nitrogen and oxygen atoms in total. The van der Waals surface area contributed by atoms with Gasteiger partial charge in [-0.15, -0.1) is 0 Å². The first kappa shape index (κ1) is 15.4. The van der Waals surface area contributed by atoms with Gasteiger partial charge in [-0.25, -0.2) is 9.97 Å². The van der Waals surface area contributed by atoms with Crippen molar-refractivity contribution in [3.8, 4) is 0 Å². The molecule has 0 spiro atoms. The molecular weight excluding hydrogens is 290 g/mol. The van der Waals surface area contributed by atoms with Gasteiger partial charge in [-0.2, -0.15) is 0 Å². The van der Waals surface area contributed by atoms with E-state index in [1.54, 1.807) is 6.07 Å². The lowest BCUT2D eigenvalue weighted by Gasteiger charge is -2.33. The van der Waals surface area contributed by atoms with Crippen LogP contribution in [0.5, 0.6) is 0 Å². The Kier molecular flexibility index (Phi) is 4.83. The van der Waals surface area contributed by atoms with Gasteiger partial charge in [0.05, 0.1) is 0 Å².